The van der Waals surface area contributed by atoms with E-state index in [-0.39, 0.29) is 17.6 Å². The molecule has 0 unspecified atom stereocenters. The molecule has 1 aromatic carbocycles. The first kappa shape index (κ1) is 22.8. The summed E-state index contributed by atoms with van der Waals surface area (Å²) in [5.41, 5.74) is 3.06. The second kappa shape index (κ2) is 10.4. The minimum absolute atomic E-state index is 0.0802. The molecule has 0 spiro atoms. The molecule has 0 bridgehead atoms. The lowest BCUT2D eigenvalue weighted by atomic mass is 9.92. The fourth-order valence-corrected chi connectivity index (χ4v) is 4.92. The molecular weight excluding hydrogens is 420 g/mol. The third-order valence-corrected chi connectivity index (χ3v) is 6.50. The molecule has 1 fully saturated rings. The molecule has 1 aromatic heterocycles. The molecule has 1 aliphatic carbocycles. The Morgan fingerprint density at radius 3 is 2.63 bits per heavy atom. The monoisotopic (exact) mass is 450 g/mol. The molecule has 0 aliphatic heterocycles. The molecule has 8 heteroatoms. The molecule has 0 radical (unpaired) electrons. The van der Waals surface area contributed by atoms with E-state index >= 15 is 0 Å². The van der Waals surface area contributed by atoms with Crippen molar-refractivity contribution in [3.8, 4) is 0 Å². The smallest absolute Gasteiger partial charge is 0.303 e. The number of aliphatic carboxylic acids is 1. The number of nitrogens with zero attached hydrogens (tertiary/aromatic N) is 3. The largest absolute Gasteiger partial charge is 0.481 e. The van der Waals surface area contributed by atoms with E-state index in [0.717, 1.165) is 23.5 Å². The predicted octanol–water partition coefficient (Wildman–Crippen LogP) is 6.31. The fraction of sp³-hybridized carbons (Fsp3) is 0.591. The first-order valence-corrected chi connectivity index (χ1v) is 11.9. The van der Waals surface area contributed by atoms with E-state index in [1.807, 2.05) is 6.92 Å². The zero-order chi connectivity index (χ0) is 21.7. The van der Waals surface area contributed by atoms with E-state index in [4.69, 9.17) is 11.6 Å². The van der Waals surface area contributed by atoms with Crippen molar-refractivity contribution in [3.63, 3.8) is 0 Å². The molecule has 6 nitrogen and oxygen atoms in total. The van der Waals surface area contributed by atoms with Crippen molar-refractivity contribution in [3.05, 3.63) is 29.0 Å². The van der Waals surface area contributed by atoms with Crippen LogP contribution in [0.25, 0.3) is 0 Å². The Kier molecular flexibility index (Phi) is 7.94. The van der Waals surface area contributed by atoms with Crippen LogP contribution in [0.3, 0.4) is 0 Å². The number of carbonyl (C=O) groups is 1. The van der Waals surface area contributed by atoms with E-state index in [2.05, 4.69) is 51.6 Å². The zero-order valence-electron chi connectivity index (χ0n) is 17.9. The summed E-state index contributed by atoms with van der Waals surface area (Å²) in [5, 5.41) is 13.5. The minimum atomic E-state index is -0.791. The fourth-order valence-electron chi connectivity index (χ4n) is 4.19. The average Bonchev–Trinajstić information content (AvgIpc) is 3.11. The Balaban J connectivity index is 1.99. The maximum Gasteiger partial charge on any atom is 0.303 e. The van der Waals surface area contributed by atoms with E-state index in [1.165, 1.54) is 43.6 Å². The molecule has 164 valence electrons. The Bertz CT molecular complexity index is 851. The van der Waals surface area contributed by atoms with Gasteiger partial charge in [-0.3, -0.25) is 4.79 Å². The number of anilines is 3. The number of aromatic nitrogens is 2. The number of rotatable bonds is 9. The molecular formula is C22H31ClN4O2S. The van der Waals surface area contributed by atoms with Crippen LogP contribution in [0.5, 0.6) is 0 Å². The second-order valence-corrected chi connectivity index (χ2v) is 9.70. The van der Waals surface area contributed by atoms with Gasteiger partial charge >= 0.3 is 5.97 Å². The van der Waals surface area contributed by atoms with Crippen LogP contribution in [0.15, 0.2) is 18.2 Å². The summed E-state index contributed by atoms with van der Waals surface area (Å²) in [7, 11) is 0. The van der Waals surface area contributed by atoms with Crippen LogP contribution in [0.4, 0.5) is 16.5 Å². The van der Waals surface area contributed by atoms with Gasteiger partial charge in [0.1, 0.15) is 0 Å². The van der Waals surface area contributed by atoms with E-state index in [0.29, 0.717) is 17.1 Å². The van der Waals surface area contributed by atoms with Gasteiger partial charge in [-0.15, -0.1) is 0 Å². The van der Waals surface area contributed by atoms with E-state index < -0.39 is 5.97 Å². The summed E-state index contributed by atoms with van der Waals surface area (Å²) < 4.78 is 4.06. The molecule has 1 saturated carbocycles. The van der Waals surface area contributed by atoms with Crippen molar-refractivity contribution >= 4 is 45.6 Å². The first-order chi connectivity index (χ1) is 14.3. The van der Waals surface area contributed by atoms with Gasteiger partial charge < -0.3 is 15.3 Å². The topological polar surface area (TPSA) is 78.4 Å². The normalized spacial score (nSPS) is 15.9. The van der Waals surface area contributed by atoms with Crippen LogP contribution in [0.2, 0.25) is 5.28 Å². The average molecular weight is 451 g/mol. The summed E-state index contributed by atoms with van der Waals surface area (Å²) in [5.74, 6) is -0.342. The number of nitrogens with one attached hydrogen (secondary N) is 1. The van der Waals surface area contributed by atoms with Crippen LogP contribution in [0.1, 0.15) is 70.8 Å². The summed E-state index contributed by atoms with van der Waals surface area (Å²) >= 11 is 7.15. The third kappa shape index (κ3) is 6.08. The van der Waals surface area contributed by atoms with Crippen molar-refractivity contribution < 1.29 is 9.90 Å². The number of benzene rings is 1. The number of carboxylic acid groups (broad SMARTS) is 1. The van der Waals surface area contributed by atoms with Gasteiger partial charge in [-0.05, 0) is 54.0 Å². The maximum atomic E-state index is 11.2. The first-order valence-electron chi connectivity index (χ1n) is 10.7. The Morgan fingerprint density at radius 2 is 2.03 bits per heavy atom. The van der Waals surface area contributed by atoms with Crippen molar-refractivity contribution in [1.29, 1.82) is 0 Å². The molecule has 2 aromatic rings. The zero-order valence-corrected chi connectivity index (χ0v) is 19.5. The SMILES string of the molecule is CC(C)CN(c1ccc([C@H](C)CC(=O)O)cc1Nc1nc(Cl)ns1)C1CCCCC1. The van der Waals surface area contributed by atoms with Gasteiger partial charge in [-0.25, -0.2) is 0 Å². The van der Waals surface area contributed by atoms with Crippen molar-refractivity contribution in [2.75, 3.05) is 16.8 Å². The van der Waals surface area contributed by atoms with Crippen LogP contribution in [0, 0.1) is 5.92 Å². The number of carboxylic acids is 1. The highest BCUT2D eigenvalue weighted by Crippen LogP contribution is 2.37. The van der Waals surface area contributed by atoms with Crippen molar-refractivity contribution in [1.82, 2.24) is 9.36 Å². The van der Waals surface area contributed by atoms with Crippen LogP contribution >= 0.6 is 23.1 Å². The van der Waals surface area contributed by atoms with Crippen LogP contribution < -0.4 is 10.2 Å². The number of hydrogen-bond donors (Lipinski definition) is 2. The Hall–Kier alpha value is -1.86. The lowest BCUT2D eigenvalue weighted by Crippen LogP contribution is -2.39. The lowest BCUT2D eigenvalue weighted by molar-refractivity contribution is -0.137. The van der Waals surface area contributed by atoms with Gasteiger partial charge in [0.2, 0.25) is 10.4 Å². The van der Waals surface area contributed by atoms with Gasteiger partial charge in [0.15, 0.2) is 0 Å². The van der Waals surface area contributed by atoms with Gasteiger partial charge in [-0.1, -0.05) is 46.1 Å². The molecule has 1 heterocycles. The molecule has 1 aliphatic rings. The molecule has 0 amide bonds. The van der Waals surface area contributed by atoms with Gasteiger partial charge in [-0.2, -0.15) is 9.36 Å². The highest BCUT2D eigenvalue weighted by molar-refractivity contribution is 7.10. The van der Waals surface area contributed by atoms with Crippen molar-refractivity contribution in [2.45, 2.75) is 71.3 Å². The highest BCUT2D eigenvalue weighted by Gasteiger charge is 2.25. The summed E-state index contributed by atoms with van der Waals surface area (Å²) in [6.45, 7) is 7.41. The second-order valence-electron chi connectivity index (χ2n) is 8.61. The molecule has 2 N–H and O–H groups in total. The van der Waals surface area contributed by atoms with Crippen LogP contribution in [-0.2, 0) is 4.79 Å². The molecule has 3 rings (SSSR count). The van der Waals surface area contributed by atoms with E-state index in [9.17, 15) is 9.90 Å². The third-order valence-electron chi connectivity index (χ3n) is 5.60. The van der Waals surface area contributed by atoms with Gasteiger partial charge in [0.25, 0.3) is 0 Å². The minimum Gasteiger partial charge on any atom is -0.481 e. The molecule has 0 saturated heterocycles. The summed E-state index contributed by atoms with van der Waals surface area (Å²) in [4.78, 5) is 18.0. The molecule has 1 atom stereocenters. The summed E-state index contributed by atoms with van der Waals surface area (Å²) in [6.07, 6.45) is 6.35. The Labute approximate surface area is 187 Å². The van der Waals surface area contributed by atoms with Crippen LogP contribution in [-0.4, -0.2) is 33.0 Å². The predicted molar refractivity (Wildman–Crippen MR) is 124 cm³/mol. The highest BCUT2D eigenvalue weighted by atomic mass is 35.5. The Morgan fingerprint density at radius 1 is 1.30 bits per heavy atom. The molecule has 30 heavy (non-hydrogen) atoms. The van der Waals surface area contributed by atoms with E-state index in [1.54, 1.807) is 0 Å². The van der Waals surface area contributed by atoms with Gasteiger partial charge in [0, 0.05) is 24.1 Å². The standard InChI is InChI=1S/C22H31ClN4O2S/c1-14(2)13-27(17-7-5-4-6-8-17)19-10-9-16(15(3)11-20(28)29)12-18(19)24-22-25-21(23)26-30-22/h9-10,12,14-15,17H,4-8,11,13H2,1-3H3,(H,28,29)(H,24,25,26)/t15-/m1/s1. The quantitative estimate of drug-likeness (QED) is 0.466. The lowest BCUT2D eigenvalue weighted by Gasteiger charge is -2.38. The number of halogens is 1. The van der Waals surface area contributed by atoms with Gasteiger partial charge in [0.05, 0.1) is 17.8 Å². The van der Waals surface area contributed by atoms with Crippen molar-refractivity contribution in [2.24, 2.45) is 5.92 Å². The number of hydrogen-bond acceptors (Lipinski definition) is 6. The summed E-state index contributed by atoms with van der Waals surface area (Å²) in [6, 6.07) is 6.78. The maximum absolute atomic E-state index is 11.2.